The Hall–Kier alpha value is -3.07. The molecule has 0 atom stereocenters. The van der Waals surface area contributed by atoms with Gasteiger partial charge in [0.2, 0.25) is 0 Å². The summed E-state index contributed by atoms with van der Waals surface area (Å²) in [6.07, 6.45) is -0.296. The van der Waals surface area contributed by atoms with E-state index in [1.165, 1.54) is 26.3 Å². The standard InChI is InChI=1S/C21H26N2O6S/c1-14(2)29-20(24)13-22-21(25)17-12-16(11-10-15(17)3)30(26,27)23(4)18-8-6-7-9-19(18)28-5/h6-12,14H,13H2,1-5H3,(H,22,25). The number of para-hydroxylation sites is 2. The van der Waals surface area contributed by atoms with Crippen LogP contribution in [0.25, 0.3) is 0 Å². The first-order chi connectivity index (χ1) is 14.1. The van der Waals surface area contributed by atoms with Crippen LogP contribution in [-0.2, 0) is 19.6 Å². The number of esters is 1. The van der Waals surface area contributed by atoms with Crippen LogP contribution in [0.3, 0.4) is 0 Å². The Morgan fingerprint density at radius 2 is 1.80 bits per heavy atom. The third-order valence-corrected chi connectivity index (χ3v) is 6.06. The molecular formula is C21H26N2O6S. The largest absolute Gasteiger partial charge is 0.495 e. The van der Waals surface area contributed by atoms with Crippen LogP contribution in [0.4, 0.5) is 5.69 Å². The molecule has 0 aromatic heterocycles. The molecule has 0 aliphatic rings. The van der Waals surface area contributed by atoms with Crippen molar-refractivity contribution >= 4 is 27.6 Å². The van der Waals surface area contributed by atoms with E-state index in [2.05, 4.69) is 5.32 Å². The van der Waals surface area contributed by atoms with Crippen LogP contribution in [0, 0.1) is 6.92 Å². The van der Waals surface area contributed by atoms with Gasteiger partial charge in [0.15, 0.2) is 0 Å². The van der Waals surface area contributed by atoms with E-state index in [1.807, 2.05) is 0 Å². The van der Waals surface area contributed by atoms with Gasteiger partial charge in [-0.3, -0.25) is 13.9 Å². The number of amides is 1. The van der Waals surface area contributed by atoms with Crippen molar-refractivity contribution in [3.8, 4) is 5.75 Å². The van der Waals surface area contributed by atoms with Gasteiger partial charge in [-0.15, -0.1) is 0 Å². The third kappa shape index (κ3) is 5.29. The highest BCUT2D eigenvalue weighted by molar-refractivity contribution is 7.92. The van der Waals surface area contributed by atoms with E-state index in [-0.39, 0.29) is 23.1 Å². The fourth-order valence-corrected chi connectivity index (χ4v) is 3.97. The summed E-state index contributed by atoms with van der Waals surface area (Å²) < 4.78 is 37.6. The summed E-state index contributed by atoms with van der Waals surface area (Å²) in [5.41, 5.74) is 1.09. The molecule has 0 aliphatic carbocycles. The number of carbonyl (C=O) groups excluding carboxylic acids is 2. The van der Waals surface area contributed by atoms with E-state index >= 15 is 0 Å². The summed E-state index contributed by atoms with van der Waals surface area (Å²) in [6, 6.07) is 11.0. The van der Waals surface area contributed by atoms with Crippen molar-refractivity contribution in [1.29, 1.82) is 0 Å². The molecule has 0 aliphatic heterocycles. The lowest BCUT2D eigenvalue weighted by molar-refractivity contribution is -0.146. The van der Waals surface area contributed by atoms with Gasteiger partial charge in [0.05, 0.1) is 23.8 Å². The van der Waals surface area contributed by atoms with Gasteiger partial charge in [0, 0.05) is 12.6 Å². The van der Waals surface area contributed by atoms with Crippen LogP contribution >= 0.6 is 0 Å². The molecule has 162 valence electrons. The lowest BCUT2D eigenvalue weighted by Crippen LogP contribution is -2.32. The quantitative estimate of drug-likeness (QED) is 0.641. The summed E-state index contributed by atoms with van der Waals surface area (Å²) >= 11 is 0. The fraction of sp³-hybridized carbons (Fsp3) is 0.333. The number of rotatable bonds is 8. The smallest absolute Gasteiger partial charge is 0.325 e. The Balaban J connectivity index is 2.30. The minimum Gasteiger partial charge on any atom is -0.495 e. The average Bonchev–Trinajstić information content (AvgIpc) is 2.71. The van der Waals surface area contributed by atoms with E-state index in [1.54, 1.807) is 51.1 Å². The second kappa shape index (κ2) is 9.62. The summed E-state index contributed by atoms with van der Waals surface area (Å²) in [5.74, 6) is -0.738. The van der Waals surface area contributed by atoms with Gasteiger partial charge in [0.1, 0.15) is 12.3 Å². The van der Waals surface area contributed by atoms with E-state index in [9.17, 15) is 18.0 Å². The molecule has 9 heteroatoms. The molecule has 2 rings (SSSR count). The van der Waals surface area contributed by atoms with Crippen LogP contribution in [0.15, 0.2) is 47.4 Å². The molecule has 0 fully saturated rings. The molecule has 1 amide bonds. The number of sulfonamides is 1. The Morgan fingerprint density at radius 1 is 1.13 bits per heavy atom. The Labute approximate surface area is 176 Å². The Kier molecular flexibility index (Phi) is 7.44. The lowest BCUT2D eigenvalue weighted by Gasteiger charge is -2.22. The van der Waals surface area contributed by atoms with Crippen molar-refractivity contribution in [3.05, 3.63) is 53.6 Å². The van der Waals surface area contributed by atoms with Crippen molar-refractivity contribution in [2.45, 2.75) is 31.8 Å². The molecule has 0 radical (unpaired) electrons. The lowest BCUT2D eigenvalue weighted by atomic mass is 10.1. The molecule has 0 spiro atoms. The number of hydrogen-bond donors (Lipinski definition) is 1. The predicted octanol–water partition coefficient (Wildman–Crippen LogP) is 2.51. The van der Waals surface area contributed by atoms with Gasteiger partial charge in [-0.25, -0.2) is 8.42 Å². The van der Waals surface area contributed by atoms with E-state index in [4.69, 9.17) is 9.47 Å². The summed E-state index contributed by atoms with van der Waals surface area (Å²) in [5, 5.41) is 2.46. The fourth-order valence-electron chi connectivity index (χ4n) is 2.74. The molecule has 2 aromatic rings. The number of benzene rings is 2. The normalized spacial score (nSPS) is 11.1. The van der Waals surface area contributed by atoms with Gasteiger partial charge in [0.25, 0.3) is 15.9 Å². The minimum absolute atomic E-state index is 0.0589. The van der Waals surface area contributed by atoms with Gasteiger partial charge in [-0.05, 0) is 50.6 Å². The number of nitrogens with one attached hydrogen (secondary N) is 1. The van der Waals surface area contributed by atoms with Crippen LogP contribution in [0.5, 0.6) is 5.75 Å². The summed E-state index contributed by atoms with van der Waals surface area (Å²) in [7, 11) is -1.10. The first kappa shape index (κ1) is 23.2. The number of methoxy groups -OCH3 is 1. The highest BCUT2D eigenvalue weighted by atomic mass is 32.2. The molecule has 0 saturated heterocycles. The number of aryl methyl sites for hydroxylation is 1. The summed E-state index contributed by atoms with van der Waals surface area (Å²) in [6.45, 7) is 4.78. The second-order valence-electron chi connectivity index (χ2n) is 6.84. The zero-order valence-electron chi connectivity index (χ0n) is 17.6. The Bertz CT molecular complexity index is 1030. The van der Waals surface area contributed by atoms with Gasteiger partial charge in [-0.2, -0.15) is 0 Å². The first-order valence-corrected chi connectivity index (χ1v) is 10.7. The molecule has 0 saturated carbocycles. The van der Waals surface area contributed by atoms with E-state index in [0.29, 0.717) is 17.0 Å². The Morgan fingerprint density at radius 3 is 2.43 bits per heavy atom. The molecule has 2 aromatic carbocycles. The van der Waals surface area contributed by atoms with E-state index < -0.39 is 21.9 Å². The maximum atomic E-state index is 13.1. The number of nitrogens with zero attached hydrogens (tertiary/aromatic N) is 1. The number of anilines is 1. The molecule has 0 unspecified atom stereocenters. The third-order valence-electron chi connectivity index (χ3n) is 4.30. The van der Waals surface area contributed by atoms with Crippen molar-refractivity contribution in [2.24, 2.45) is 0 Å². The van der Waals surface area contributed by atoms with Crippen molar-refractivity contribution in [1.82, 2.24) is 5.32 Å². The molecular weight excluding hydrogens is 408 g/mol. The molecule has 0 heterocycles. The monoisotopic (exact) mass is 434 g/mol. The number of carbonyl (C=O) groups is 2. The van der Waals surface area contributed by atoms with Gasteiger partial charge in [-0.1, -0.05) is 18.2 Å². The van der Waals surface area contributed by atoms with Crippen molar-refractivity contribution < 1.29 is 27.5 Å². The summed E-state index contributed by atoms with van der Waals surface area (Å²) in [4.78, 5) is 24.1. The highest BCUT2D eigenvalue weighted by Crippen LogP contribution is 2.31. The van der Waals surface area contributed by atoms with Gasteiger partial charge >= 0.3 is 5.97 Å². The predicted molar refractivity (Wildman–Crippen MR) is 113 cm³/mol. The zero-order chi connectivity index (χ0) is 22.5. The van der Waals surface area contributed by atoms with Crippen LogP contribution in [0.1, 0.15) is 29.8 Å². The maximum Gasteiger partial charge on any atom is 0.325 e. The SMILES string of the molecule is COc1ccccc1N(C)S(=O)(=O)c1ccc(C)c(C(=O)NCC(=O)OC(C)C)c1. The number of hydrogen-bond acceptors (Lipinski definition) is 6. The van der Waals surface area contributed by atoms with Crippen LogP contribution in [0.2, 0.25) is 0 Å². The van der Waals surface area contributed by atoms with E-state index in [0.717, 1.165) is 4.31 Å². The maximum absolute atomic E-state index is 13.1. The van der Waals surface area contributed by atoms with Crippen LogP contribution in [-0.4, -0.2) is 47.1 Å². The second-order valence-corrected chi connectivity index (χ2v) is 8.81. The first-order valence-electron chi connectivity index (χ1n) is 9.28. The van der Waals surface area contributed by atoms with Gasteiger partial charge < -0.3 is 14.8 Å². The topological polar surface area (TPSA) is 102 Å². The zero-order valence-corrected chi connectivity index (χ0v) is 18.4. The minimum atomic E-state index is -3.96. The van der Waals surface area contributed by atoms with Crippen molar-refractivity contribution in [2.75, 3.05) is 25.0 Å². The average molecular weight is 435 g/mol. The molecule has 8 nitrogen and oxygen atoms in total. The molecule has 30 heavy (non-hydrogen) atoms. The van der Waals surface area contributed by atoms with Crippen molar-refractivity contribution in [3.63, 3.8) is 0 Å². The van der Waals surface area contributed by atoms with Crippen LogP contribution < -0.4 is 14.4 Å². The number of ether oxygens (including phenoxy) is 2. The molecule has 0 bridgehead atoms. The highest BCUT2D eigenvalue weighted by Gasteiger charge is 2.25. The molecule has 1 N–H and O–H groups in total.